The fraction of sp³-hybridized carbons (Fsp3) is 0.231. The third-order valence-corrected chi connectivity index (χ3v) is 4.26. The Hall–Kier alpha value is -0.770. The molecule has 0 fully saturated rings. The Morgan fingerprint density at radius 1 is 1.12 bits per heavy atom. The largest absolute Gasteiger partial charge is 0.383 e. The quantitative estimate of drug-likeness (QED) is 0.835. The molecule has 0 saturated heterocycles. The summed E-state index contributed by atoms with van der Waals surface area (Å²) in [5.41, 5.74) is 0.958. The Morgan fingerprint density at radius 3 is 2.31 bits per heavy atom. The van der Waals surface area contributed by atoms with Gasteiger partial charge in [0.2, 0.25) is 0 Å². The second-order valence-electron chi connectivity index (χ2n) is 3.62. The summed E-state index contributed by atoms with van der Waals surface area (Å²) < 4.78 is 0. The smallest absolute Gasteiger partial charge is 0.113 e. The van der Waals surface area contributed by atoms with E-state index in [-0.39, 0.29) is 0 Å². The molecular formula is C13H14OS2. The van der Waals surface area contributed by atoms with Crippen LogP contribution < -0.4 is 0 Å². The van der Waals surface area contributed by atoms with Crippen molar-refractivity contribution in [1.29, 1.82) is 0 Å². The van der Waals surface area contributed by atoms with Gasteiger partial charge in [-0.05, 0) is 43.0 Å². The van der Waals surface area contributed by atoms with Gasteiger partial charge in [-0.2, -0.15) is 0 Å². The van der Waals surface area contributed by atoms with Gasteiger partial charge in [0, 0.05) is 14.6 Å². The van der Waals surface area contributed by atoms with Crippen LogP contribution in [0.5, 0.6) is 0 Å². The summed E-state index contributed by atoms with van der Waals surface area (Å²) in [6, 6.07) is 12.1. The predicted molar refractivity (Wildman–Crippen MR) is 71.3 cm³/mol. The standard InChI is InChI=1S/C13H14OS2/c1-9-3-8-12(16-9)13(14)10-4-6-11(15-2)7-5-10/h3-8,13-14H,1-2H3/t13-/m1/s1. The van der Waals surface area contributed by atoms with Gasteiger partial charge in [-0.3, -0.25) is 0 Å². The first-order chi connectivity index (χ1) is 7.70. The molecule has 16 heavy (non-hydrogen) atoms. The van der Waals surface area contributed by atoms with Crippen LogP contribution in [-0.2, 0) is 0 Å². The first-order valence-electron chi connectivity index (χ1n) is 5.09. The number of aryl methyl sites for hydroxylation is 1. The van der Waals surface area contributed by atoms with E-state index in [0.717, 1.165) is 10.4 Å². The molecule has 0 aliphatic carbocycles. The Kier molecular flexibility index (Phi) is 3.69. The molecule has 0 aliphatic rings. The van der Waals surface area contributed by atoms with Gasteiger partial charge in [-0.25, -0.2) is 0 Å². The molecule has 1 aromatic heterocycles. The van der Waals surface area contributed by atoms with Crippen molar-refractivity contribution in [2.75, 3.05) is 6.26 Å². The van der Waals surface area contributed by atoms with E-state index in [9.17, 15) is 5.11 Å². The van der Waals surface area contributed by atoms with Gasteiger partial charge in [-0.15, -0.1) is 23.1 Å². The molecule has 2 rings (SSSR count). The van der Waals surface area contributed by atoms with Crippen LogP contribution in [0, 0.1) is 6.92 Å². The number of benzene rings is 1. The molecule has 0 saturated carbocycles. The fourth-order valence-electron chi connectivity index (χ4n) is 1.55. The molecule has 84 valence electrons. The molecule has 1 N–H and O–H groups in total. The van der Waals surface area contributed by atoms with Crippen molar-refractivity contribution < 1.29 is 5.11 Å². The Morgan fingerprint density at radius 2 is 1.81 bits per heavy atom. The monoisotopic (exact) mass is 250 g/mol. The molecule has 0 spiro atoms. The number of rotatable bonds is 3. The van der Waals surface area contributed by atoms with E-state index in [2.05, 4.69) is 6.92 Å². The summed E-state index contributed by atoms with van der Waals surface area (Å²) in [4.78, 5) is 3.46. The lowest BCUT2D eigenvalue weighted by Crippen LogP contribution is -1.96. The molecule has 1 nitrogen and oxygen atoms in total. The Balaban J connectivity index is 2.23. The second kappa shape index (κ2) is 5.04. The van der Waals surface area contributed by atoms with Crippen molar-refractivity contribution >= 4 is 23.1 Å². The zero-order chi connectivity index (χ0) is 11.5. The number of aliphatic hydroxyl groups excluding tert-OH is 1. The van der Waals surface area contributed by atoms with E-state index >= 15 is 0 Å². The summed E-state index contributed by atoms with van der Waals surface area (Å²) in [5, 5.41) is 10.2. The highest BCUT2D eigenvalue weighted by molar-refractivity contribution is 7.98. The molecule has 1 heterocycles. The molecule has 1 atom stereocenters. The Bertz CT molecular complexity index is 459. The highest BCUT2D eigenvalue weighted by Gasteiger charge is 2.11. The van der Waals surface area contributed by atoms with Crippen molar-refractivity contribution in [2.24, 2.45) is 0 Å². The lowest BCUT2D eigenvalue weighted by molar-refractivity contribution is 0.224. The number of thioether (sulfide) groups is 1. The minimum Gasteiger partial charge on any atom is -0.383 e. The van der Waals surface area contributed by atoms with Gasteiger partial charge in [0.15, 0.2) is 0 Å². The molecule has 0 unspecified atom stereocenters. The van der Waals surface area contributed by atoms with E-state index in [1.807, 2.05) is 42.7 Å². The lowest BCUT2D eigenvalue weighted by atomic mass is 10.1. The van der Waals surface area contributed by atoms with Gasteiger partial charge in [0.05, 0.1) is 0 Å². The Labute approximate surface area is 104 Å². The van der Waals surface area contributed by atoms with Crippen LogP contribution in [0.15, 0.2) is 41.3 Å². The topological polar surface area (TPSA) is 20.2 Å². The molecule has 2 aromatic rings. The first kappa shape index (κ1) is 11.7. The van der Waals surface area contributed by atoms with Crippen molar-refractivity contribution in [1.82, 2.24) is 0 Å². The molecule has 3 heteroatoms. The average Bonchev–Trinajstić information content (AvgIpc) is 2.75. The number of hydrogen-bond donors (Lipinski definition) is 1. The summed E-state index contributed by atoms with van der Waals surface area (Å²) >= 11 is 3.36. The zero-order valence-electron chi connectivity index (χ0n) is 9.31. The summed E-state index contributed by atoms with van der Waals surface area (Å²) in [7, 11) is 0. The second-order valence-corrected chi connectivity index (χ2v) is 5.82. The molecule has 0 amide bonds. The minimum atomic E-state index is -0.491. The number of hydrogen-bond acceptors (Lipinski definition) is 3. The summed E-state index contributed by atoms with van der Waals surface area (Å²) in [6.45, 7) is 2.05. The normalized spacial score (nSPS) is 12.7. The molecule has 0 bridgehead atoms. The van der Waals surface area contributed by atoms with Crippen molar-refractivity contribution in [3.8, 4) is 0 Å². The van der Waals surface area contributed by atoms with E-state index in [1.165, 1.54) is 9.77 Å². The molecule has 1 aromatic carbocycles. The molecule has 0 radical (unpaired) electrons. The van der Waals surface area contributed by atoms with Gasteiger partial charge in [0.25, 0.3) is 0 Å². The van der Waals surface area contributed by atoms with Gasteiger partial charge < -0.3 is 5.11 Å². The lowest BCUT2D eigenvalue weighted by Gasteiger charge is -2.09. The fourth-order valence-corrected chi connectivity index (χ4v) is 2.85. The van der Waals surface area contributed by atoms with Crippen LogP contribution in [0.2, 0.25) is 0 Å². The van der Waals surface area contributed by atoms with Crippen LogP contribution in [0.25, 0.3) is 0 Å². The number of aliphatic hydroxyl groups is 1. The van der Waals surface area contributed by atoms with Crippen LogP contribution in [0.3, 0.4) is 0 Å². The van der Waals surface area contributed by atoms with Crippen LogP contribution >= 0.6 is 23.1 Å². The SMILES string of the molecule is CSc1ccc([C@@H](O)c2ccc(C)s2)cc1. The first-order valence-corrected chi connectivity index (χ1v) is 7.13. The highest BCUT2D eigenvalue weighted by Crippen LogP contribution is 2.29. The maximum Gasteiger partial charge on any atom is 0.113 e. The summed E-state index contributed by atoms with van der Waals surface area (Å²) in [6.07, 6.45) is 1.56. The molecule has 0 aliphatic heterocycles. The molecular weight excluding hydrogens is 236 g/mol. The average molecular weight is 250 g/mol. The van der Waals surface area contributed by atoms with Gasteiger partial charge in [0.1, 0.15) is 6.10 Å². The highest BCUT2D eigenvalue weighted by atomic mass is 32.2. The summed E-state index contributed by atoms with van der Waals surface area (Å²) in [5.74, 6) is 0. The van der Waals surface area contributed by atoms with Crippen LogP contribution in [0.1, 0.15) is 21.4 Å². The van der Waals surface area contributed by atoms with Crippen LogP contribution in [0.4, 0.5) is 0 Å². The maximum atomic E-state index is 10.2. The van der Waals surface area contributed by atoms with Gasteiger partial charge in [-0.1, -0.05) is 12.1 Å². The van der Waals surface area contributed by atoms with Gasteiger partial charge >= 0.3 is 0 Å². The van der Waals surface area contributed by atoms with E-state index in [4.69, 9.17) is 0 Å². The predicted octanol–water partition coefficient (Wildman–Crippen LogP) is 3.86. The number of thiophene rings is 1. The van der Waals surface area contributed by atoms with E-state index < -0.39 is 6.10 Å². The zero-order valence-corrected chi connectivity index (χ0v) is 10.9. The minimum absolute atomic E-state index is 0.491. The van der Waals surface area contributed by atoms with Crippen molar-refractivity contribution in [2.45, 2.75) is 17.9 Å². The van der Waals surface area contributed by atoms with Crippen molar-refractivity contribution in [3.63, 3.8) is 0 Å². The third kappa shape index (κ3) is 2.48. The van der Waals surface area contributed by atoms with E-state index in [1.54, 1.807) is 23.1 Å². The third-order valence-electron chi connectivity index (χ3n) is 2.46. The maximum absolute atomic E-state index is 10.2. The van der Waals surface area contributed by atoms with Crippen molar-refractivity contribution in [3.05, 3.63) is 51.7 Å². The van der Waals surface area contributed by atoms with E-state index in [0.29, 0.717) is 0 Å². The van der Waals surface area contributed by atoms with Crippen LogP contribution in [-0.4, -0.2) is 11.4 Å².